The Morgan fingerprint density at radius 3 is 2.95 bits per heavy atom. The molecule has 20 heavy (non-hydrogen) atoms. The number of rotatable bonds is 6. The molecule has 2 aromatic rings. The molecule has 0 aliphatic rings. The quantitative estimate of drug-likeness (QED) is 0.464. The molecule has 0 aliphatic heterocycles. The van der Waals surface area contributed by atoms with Crippen molar-refractivity contribution in [2.75, 3.05) is 0 Å². The first-order chi connectivity index (χ1) is 9.65. The summed E-state index contributed by atoms with van der Waals surface area (Å²) in [6.45, 7) is 2.71. The maximum absolute atomic E-state index is 11.0. The van der Waals surface area contributed by atoms with Gasteiger partial charge in [0.25, 0.3) is 0 Å². The van der Waals surface area contributed by atoms with Gasteiger partial charge in [0.1, 0.15) is 12.9 Å². The zero-order valence-electron chi connectivity index (χ0n) is 10.8. The summed E-state index contributed by atoms with van der Waals surface area (Å²) in [6.07, 6.45) is 1.42. The molecule has 0 atom stereocenters. The van der Waals surface area contributed by atoms with Crippen LogP contribution in [0, 0.1) is 10.1 Å². The molecule has 0 aliphatic carbocycles. The van der Waals surface area contributed by atoms with Gasteiger partial charge in [-0.3, -0.25) is 10.1 Å². The Balaban J connectivity index is 2.19. The fourth-order valence-corrected chi connectivity index (χ4v) is 1.88. The van der Waals surface area contributed by atoms with E-state index in [0.29, 0.717) is 17.9 Å². The highest BCUT2D eigenvalue weighted by molar-refractivity contribution is 6.17. The lowest BCUT2D eigenvalue weighted by molar-refractivity contribution is -0.386. The molecule has 0 N–H and O–H groups in total. The van der Waals surface area contributed by atoms with E-state index < -0.39 is 4.92 Å². The Labute approximate surface area is 120 Å². The zero-order chi connectivity index (χ0) is 14.5. The number of ether oxygens (including phenoxy) is 1. The minimum absolute atomic E-state index is 0.106. The molecule has 0 bridgehead atoms. The van der Waals surface area contributed by atoms with Crippen LogP contribution in [0.15, 0.2) is 24.5 Å². The highest BCUT2D eigenvalue weighted by Crippen LogP contribution is 2.29. The van der Waals surface area contributed by atoms with E-state index in [1.54, 1.807) is 16.8 Å². The summed E-state index contributed by atoms with van der Waals surface area (Å²) < 4.78 is 7.14. The average molecular weight is 297 g/mol. The van der Waals surface area contributed by atoms with Gasteiger partial charge in [0, 0.05) is 18.5 Å². The minimum Gasteiger partial charge on any atom is -0.479 e. The summed E-state index contributed by atoms with van der Waals surface area (Å²) in [7, 11) is 0. The number of hydrogen-bond acceptors (Lipinski definition) is 5. The Hall–Kier alpha value is -2.15. The van der Waals surface area contributed by atoms with Gasteiger partial charge in [0.05, 0.1) is 4.92 Å². The van der Waals surface area contributed by atoms with E-state index in [0.717, 1.165) is 0 Å². The first-order valence-corrected chi connectivity index (χ1v) is 6.52. The van der Waals surface area contributed by atoms with Crippen molar-refractivity contribution in [1.29, 1.82) is 0 Å². The molecule has 2 rings (SSSR count). The molecule has 8 heteroatoms. The second-order valence-electron chi connectivity index (χ2n) is 3.97. The molecule has 0 radical (unpaired) electrons. The number of aryl methyl sites for hydroxylation is 1. The molecular weight excluding hydrogens is 284 g/mol. The summed E-state index contributed by atoms with van der Waals surface area (Å²) in [5.41, 5.74) is 0.563. The molecule has 0 amide bonds. The van der Waals surface area contributed by atoms with Crippen molar-refractivity contribution in [1.82, 2.24) is 14.8 Å². The molecule has 7 nitrogen and oxygen atoms in total. The second-order valence-corrected chi connectivity index (χ2v) is 4.24. The van der Waals surface area contributed by atoms with Crippen molar-refractivity contribution in [3.8, 4) is 5.75 Å². The lowest BCUT2D eigenvalue weighted by Crippen LogP contribution is -2.08. The molecule has 1 aromatic carbocycles. The van der Waals surface area contributed by atoms with Crippen molar-refractivity contribution in [2.24, 2.45) is 0 Å². The monoisotopic (exact) mass is 296 g/mol. The van der Waals surface area contributed by atoms with Crippen molar-refractivity contribution < 1.29 is 9.66 Å². The van der Waals surface area contributed by atoms with E-state index in [4.69, 9.17) is 16.3 Å². The SMILES string of the molecule is CCn1ncnc1COc1ccc(CCl)cc1[N+](=O)[O-]. The Kier molecular flexibility index (Phi) is 4.52. The van der Waals surface area contributed by atoms with Gasteiger partial charge in [-0.25, -0.2) is 9.67 Å². The fourth-order valence-electron chi connectivity index (χ4n) is 1.72. The highest BCUT2D eigenvalue weighted by Gasteiger charge is 2.16. The molecule has 1 aromatic heterocycles. The van der Waals surface area contributed by atoms with Gasteiger partial charge in [-0.1, -0.05) is 6.07 Å². The average Bonchev–Trinajstić information content (AvgIpc) is 2.92. The third kappa shape index (κ3) is 3.05. The molecule has 106 valence electrons. The van der Waals surface area contributed by atoms with Gasteiger partial charge in [-0.2, -0.15) is 5.10 Å². The van der Waals surface area contributed by atoms with Gasteiger partial charge in [-0.05, 0) is 18.6 Å². The predicted molar refractivity (Wildman–Crippen MR) is 72.7 cm³/mol. The van der Waals surface area contributed by atoms with Crippen molar-refractivity contribution in [3.63, 3.8) is 0 Å². The van der Waals surface area contributed by atoms with Crippen LogP contribution in [0.5, 0.6) is 5.75 Å². The van der Waals surface area contributed by atoms with E-state index in [1.807, 2.05) is 6.92 Å². The number of aromatic nitrogens is 3. The summed E-state index contributed by atoms with van der Waals surface area (Å²) >= 11 is 5.67. The van der Waals surface area contributed by atoms with Gasteiger partial charge in [-0.15, -0.1) is 11.6 Å². The molecular formula is C12H13ClN4O3. The van der Waals surface area contributed by atoms with E-state index in [1.165, 1.54) is 12.4 Å². The Bertz CT molecular complexity index is 614. The fraction of sp³-hybridized carbons (Fsp3) is 0.333. The smallest absolute Gasteiger partial charge is 0.311 e. The molecule has 1 heterocycles. The maximum Gasteiger partial charge on any atom is 0.311 e. The molecule has 0 unspecified atom stereocenters. The van der Waals surface area contributed by atoms with Crippen LogP contribution in [0.4, 0.5) is 5.69 Å². The summed E-state index contributed by atoms with van der Waals surface area (Å²) in [6, 6.07) is 4.65. The van der Waals surface area contributed by atoms with Crippen LogP contribution < -0.4 is 4.74 Å². The standard InChI is InChI=1S/C12H13ClN4O3/c1-2-16-12(14-8-15-16)7-20-11-4-3-9(6-13)5-10(11)17(18)19/h3-5,8H,2,6-7H2,1H3. The van der Waals surface area contributed by atoms with Crippen LogP contribution >= 0.6 is 11.6 Å². The number of nitrogens with zero attached hydrogens (tertiary/aromatic N) is 4. The normalized spacial score (nSPS) is 10.5. The zero-order valence-corrected chi connectivity index (χ0v) is 11.6. The third-order valence-electron chi connectivity index (χ3n) is 2.73. The Morgan fingerprint density at radius 2 is 2.30 bits per heavy atom. The van der Waals surface area contributed by atoms with Crippen LogP contribution in [0.25, 0.3) is 0 Å². The lowest BCUT2D eigenvalue weighted by Gasteiger charge is -2.08. The molecule has 0 fully saturated rings. The molecule has 0 spiro atoms. The van der Waals surface area contributed by atoms with Gasteiger partial charge in [0.15, 0.2) is 11.6 Å². The third-order valence-corrected chi connectivity index (χ3v) is 3.03. The number of hydrogen-bond donors (Lipinski definition) is 0. The summed E-state index contributed by atoms with van der Waals surface area (Å²) in [4.78, 5) is 14.6. The summed E-state index contributed by atoms with van der Waals surface area (Å²) in [5.74, 6) is 1.02. The highest BCUT2D eigenvalue weighted by atomic mass is 35.5. The van der Waals surface area contributed by atoms with E-state index in [-0.39, 0.29) is 23.9 Å². The maximum atomic E-state index is 11.0. The predicted octanol–water partition coefficient (Wildman–Crippen LogP) is 2.52. The number of halogens is 1. The van der Waals surface area contributed by atoms with E-state index >= 15 is 0 Å². The van der Waals surface area contributed by atoms with Crippen LogP contribution in [-0.4, -0.2) is 19.7 Å². The van der Waals surface area contributed by atoms with Crippen LogP contribution in [0.3, 0.4) is 0 Å². The van der Waals surface area contributed by atoms with Crippen LogP contribution in [0.2, 0.25) is 0 Å². The number of alkyl halides is 1. The van der Waals surface area contributed by atoms with Gasteiger partial charge < -0.3 is 4.74 Å². The first kappa shape index (κ1) is 14.3. The van der Waals surface area contributed by atoms with Crippen molar-refractivity contribution in [3.05, 3.63) is 46.0 Å². The second kappa shape index (κ2) is 6.33. The van der Waals surface area contributed by atoms with Gasteiger partial charge >= 0.3 is 5.69 Å². The van der Waals surface area contributed by atoms with Gasteiger partial charge in [0.2, 0.25) is 0 Å². The topological polar surface area (TPSA) is 83.1 Å². The number of benzene rings is 1. The Morgan fingerprint density at radius 1 is 1.50 bits per heavy atom. The first-order valence-electron chi connectivity index (χ1n) is 5.98. The van der Waals surface area contributed by atoms with E-state index in [9.17, 15) is 10.1 Å². The van der Waals surface area contributed by atoms with Crippen LogP contribution in [0.1, 0.15) is 18.3 Å². The number of nitro groups is 1. The van der Waals surface area contributed by atoms with Crippen molar-refractivity contribution in [2.45, 2.75) is 26.0 Å². The molecule has 0 saturated heterocycles. The largest absolute Gasteiger partial charge is 0.479 e. The van der Waals surface area contributed by atoms with E-state index in [2.05, 4.69) is 10.1 Å². The number of nitro benzene ring substituents is 1. The summed E-state index contributed by atoms with van der Waals surface area (Å²) in [5, 5.41) is 15.0. The molecule has 0 saturated carbocycles. The lowest BCUT2D eigenvalue weighted by atomic mass is 10.2. The minimum atomic E-state index is -0.490. The van der Waals surface area contributed by atoms with Crippen molar-refractivity contribution >= 4 is 17.3 Å². The van der Waals surface area contributed by atoms with Crippen LogP contribution in [-0.2, 0) is 19.0 Å².